The Morgan fingerprint density at radius 3 is 3.00 bits per heavy atom. The van der Waals surface area contributed by atoms with E-state index in [4.69, 9.17) is 1.37 Å². The van der Waals surface area contributed by atoms with Crippen LogP contribution in [0.1, 0.15) is 6.93 Å². The average Bonchev–Trinajstić information content (AvgIpc) is 2.30. The van der Waals surface area contributed by atoms with Crippen LogP contribution in [0.25, 0.3) is 9.65 Å². The summed E-state index contributed by atoms with van der Waals surface area (Å²) in [5.74, 6) is 0. The van der Waals surface area contributed by atoms with Crippen molar-refractivity contribution in [3.8, 4) is 0 Å². The van der Waals surface area contributed by atoms with Crippen LogP contribution in [-0.2, 0) is 0 Å². The maximum atomic E-state index is 7.63. The van der Waals surface area contributed by atoms with Crippen LogP contribution >= 0.6 is 0 Å². The summed E-state index contributed by atoms with van der Waals surface area (Å²) in [7, 11) is 0. The number of benzene rings is 1. The molecule has 0 spiro atoms. The summed E-state index contributed by atoms with van der Waals surface area (Å²) in [5, 5.41) is 1.29. The van der Waals surface area contributed by atoms with Gasteiger partial charge in [-0.1, -0.05) is 0 Å². The van der Waals surface area contributed by atoms with E-state index in [-0.39, 0.29) is 14.5 Å². The molecule has 0 N–H and O–H groups in total. The van der Waals surface area contributed by atoms with Crippen LogP contribution in [0.3, 0.4) is 0 Å². The first-order chi connectivity index (χ1) is 5.29. The molecule has 0 amide bonds. The van der Waals surface area contributed by atoms with Crippen molar-refractivity contribution in [3.05, 3.63) is 34.7 Å². The van der Waals surface area contributed by atoms with Crippen molar-refractivity contribution in [1.29, 1.82) is 0 Å². The van der Waals surface area contributed by atoms with E-state index in [0.29, 0.717) is 0 Å². The van der Waals surface area contributed by atoms with Gasteiger partial charge in [-0.25, -0.2) is 0 Å². The molecular weight excluding hydrogens is 187 g/mol. The Morgan fingerprint density at radius 2 is 2.20 bits per heavy atom. The zero-order valence-electron chi connectivity index (χ0n) is 6.72. The molecule has 1 heteroatoms. The summed E-state index contributed by atoms with van der Waals surface area (Å²) in [4.78, 5) is 0.832. The molecular formula is C9H8Se. The number of hydrogen-bond donors (Lipinski definition) is 0. The first-order valence-electron chi connectivity index (χ1n) is 3.74. The predicted octanol–water partition coefficient (Wildman–Crippen LogP) is 2.21. The molecule has 10 heavy (non-hydrogen) atoms. The SMILES string of the molecule is [2H]c1[se]c2ccccc2c1C. The number of fused-ring (bicyclic) bond motifs is 1. The average molecular weight is 196 g/mol. The van der Waals surface area contributed by atoms with Gasteiger partial charge in [0.15, 0.2) is 0 Å². The molecule has 50 valence electrons. The summed E-state index contributed by atoms with van der Waals surface area (Å²) >= 11 is 0.278. The number of aryl methyl sites for hydroxylation is 1. The molecule has 2 rings (SSSR count). The topological polar surface area (TPSA) is 0 Å². The summed E-state index contributed by atoms with van der Waals surface area (Å²) in [6, 6.07) is 8.32. The molecule has 0 unspecified atom stereocenters. The standard InChI is InChI=1S/C9H8Se/c1-7-6-10-9-5-3-2-4-8(7)9/h2-6H,1H3/i6D. The predicted molar refractivity (Wildman–Crippen MR) is 45.6 cm³/mol. The minimum atomic E-state index is 0.278. The van der Waals surface area contributed by atoms with Crippen LogP contribution in [0, 0.1) is 6.92 Å². The van der Waals surface area contributed by atoms with Gasteiger partial charge in [-0.05, 0) is 0 Å². The van der Waals surface area contributed by atoms with E-state index in [2.05, 4.69) is 12.1 Å². The monoisotopic (exact) mass is 197 g/mol. The quantitative estimate of drug-likeness (QED) is 0.566. The second-order valence-electron chi connectivity index (χ2n) is 2.33. The van der Waals surface area contributed by atoms with Gasteiger partial charge < -0.3 is 0 Å². The molecule has 0 saturated heterocycles. The molecule has 0 nitrogen and oxygen atoms in total. The summed E-state index contributed by atoms with van der Waals surface area (Å²) in [5.41, 5.74) is 1.17. The first-order valence-corrected chi connectivity index (χ1v) is 4.95. The number of hydrogen-bond acceptors (Lipinski definition) is 0. The fourth-order valence-corrected chi connectivity index (χ4v) is 2.84. The van der Waals surface area contributed by atoms with Crippen molar-refractivity contribution in [2.75, 3.05) is 0 Å². The van der Waals surface area contributed by atoms with E-state index >= 15 is 0 Å². The molecule has 0 saturated carbocycles. The van der Waals surface area contributed by atoms with Crippen LogP contribution in [0.2, 0.25) is 0 Å². The molecule has 0 radical (unpaired) electrons. The summed E-state index contributed by atoms with van der Waals surface area (Å²) in [6.45, 7) is 2.04. The zero-order valence-corrected chi connectivity index (χ0v) is 7.43. The van der Waals surface area contributed by atoms with E-state index in [1.807, 2.05) is 19.1 Å². The van der Waals surface area contributed by atoms with E-state index in [1.54, 1.807) is 0 Å². The van der Waals surface area contributed by atoms with E-state index < -0.39 is 0 Å². The third-order valence-electron chi connectivity index (χ3n) is 1.61. The maximum absolute atomic E-state index is 7.63. The van der Waals surface area contributed by atoms with Crippen LogP contribution in [-0.4, -0.2) is 14.5 Å². The third kappa shape index (κ3) is 0.828. The normalized spacial score (nSPS) is 11.9. The fourth-order valence-electron chi connectivity index (χ4n) is 1.05. The van der Waals surface area contributed by atoms with Crippen LogP contribution in [0.5, 0.6) is 0 Å². The van der Waals surface area contributed by atoms with Gasteiger partial charge in [-0.3, -0.25) is 0 Å². The van der Waals surface area contributed by atoms with Crippen molar-refractivity contribution in [3.63, 3.8) is 0 Å². The Kier molecular flexibility index (Phi) is 1.17. The van der Waals surface area contributed by atoms with Crippen LogP contribution < -0.4 is 0 Å². The van der Waals surface area contributed by atoms with Crippen molar-refractivity contribution in [2.24, 2.45) is 0 Å². The van der Waals surface area contributed by atoms with Gasteiger partial charge in [0.2, 0.25) is 0 Å². The molecule has 0 aliphatic heterocycles. The van der Waals surface area contributed by atoms with Crippen LogP contribution in [0.4, 0.5) is 0 Å². The molecule has 0 aliphatic carbocycles. The Morgan fingerprint density at radius 1 is 1.40 bits per heavy atom. The Balaban J connectivity index is 2.92. The molecule has 2 aromatic rings. The van der Waals surface area contributed by atoms with Gasteiger partial charge in [0.25, 0.3) is 0 Å². The van der Waals surface area contributed by atoms with E-state index in [0.717, 1.165) is 4.92 Å². The van der Waals surface area contributed by atoms with E-state index in [1.165, 1.54) is 15.2 Å². The van der Waals surface area contributed by atoms with Gasteiger partial charge >= 0.3 is 67.2 Å². The minimum absolute atomic E-state index is 0.278. The number of rotatable bonds is 0. The Labute approximate surface area is 67.6 Å². The summed E-state index contributed by atoms with van der Waals surface area (Å²) in [6.07, 6.45) is 0. The van der Waals surface area contributed by atoms with Gasteiger partial charge in [0.05, 0.1) is 0 Å². The molecule has 1 aromatic heterocycles. The molecule has 0 atom stereocenters. The summed E-state index contributed by atoms with van der Waals surface area (Å²) < 4.78 is 8.99. The molecule has 1 heterocycles. The van der Waals surface area contributed by atoms with Crippen molar-refractivity contribution >= 4 is 24.1 Å². The molecule has 0 fully saturated rings. The van der Waals surface area contributed by atoms with Crippen molar-refractivity contribution in [1.82, 2.24) is 0 Å². The first kappa shape index (κ1) is 5.17. The molecule has 1 aromatic carbocycles. The third-order valence-corrected chi connectivity index (χ3v) is 3.67. The zero-order chi connectivity index (χ0) is 7.84. The fraction of sp³-hybridized carbons (Fsp3) is 0.111. The van der Waals surface area contributed by atoms with Gasteiger partial charge in [-0.2, -0.15) is 0 Å². The van der Waals surface area contributed by atoms with Gasteiger partial charge in [-0.15, -0.1) is 0 Å². The second-order valence-corrected chi connectivity index (χ2v) is 4.10. The van der Waals surface area contributed by atoms with Gasteiger partial charge in [0, 0.05) is 0 Å². The Bertz CT molecular complexity index is 389. The van der Waals surface area contributed by atoms with Crippen molar-refractivity contribution < 1.29 is 1.37 Å². The second kappa shape index (κ2) is 2.26. The molecule has 0 bridgehead atoms. The van der Waals surface area contributed by atoms with Crippen molar-refractivity contribution in [2.45, 2.75) is 6.92 Å². The Hall–Kier alpha value is -0.521. The van der Waals surface area contributed by atoms with Crippen LogP contribution in [0.15, 0.2) is 29.2 Å². The molecule has 0 aliphatic rings. The van der Waals surface area contributed by atoms with E-state index in [9.17, 15) is 0 Å². The van der Waals surface area contributed by atoms with Gasteiger partial charge in [0.1, 0.15) is 0 Å².